The summed E-state index contributed by atoms with van der Waals surface area (Å²) in [6, 6.07) is 12.1. The van der Waals surface area contributed by atoms with Crippen LogP contribution in [0.2, 0.25) is 0 Å². The number of hydrogen-bond acceptors (Lipinski definition) is 3. The zero-order chi connectivity index (χ0) is 14.4. The Hall–Kier alpha value is -1.39. The topological polar surface area (TPSA) is 25.4 Å². The Morgan fingerprint density at radius 1 is 1.25 bits per heavy atom. The van der Waals surface area contributed by atoms with Crippen LogP contribution in [0.25, 0.3) is 0 Å². The molecule has 1 heterocycles. The van der Waals surface area contributed by atoms with Gasteiger partial charge in [0.05, 0.1) is 7.11 Å². The lowest BCUT2D eigenvalue weighted by atomic mass is 10.2. The van der Waals surface area contributed by atoms with Crippen molar-refractivity contribution in [2.45, 2.75) is 13.0 Å². The molecule has 0 amide bonds. The third-order valence-corrected chi connectivity index (χ3v) is 3.94. The molecule has 2 rings (SSSR count). The van der Waals surface area contributed by atoms with Gasteiger partial charge in [-0.15, -0.1) is 0 Å². The second-order valence-corrected chi connectivity index (χ2v) is 5.62. The van der Waals surface area contributed by atoms with Crippen LogP contribution in [0.15, 0.2) is 47.1 Å². The maximum Gasteiger partial charge on any atom is 0.119 e. The van der Waals surface area contributed by atoms with Crippen molar-refractivity contribution in [3.63, 3.8) is 0 Å². The maximum absolute atomic E-state index is 5.27. The summed E-state index contributed by atoms with van der Waals surface area (Å²) in [5, 5.41) is 0. The third kappa shape index (κ3) is 4.32. The molecule has 106 valence electrons. The first-order valence-corrected chi connectivity index (χ1v) is 7.39. The molecule has 0 aliphatic carbocycles. The molecule has 1 aromatic carbocycles. The Labute approximate surface area is 128 Å². The first-order chi connectivity index (χ1) is 9.69. The molecule has 0 radical (unpaired) electrons. The molecule has 0 unspecified atom stereocenters. The van der Waals surface area contributed by atoms with Gasteiger partial charge in [0.2, 0.25) is 0 Å². The maximum atomic E-state index is 5.27. The van der Waals surface area contributed by atoms with Gasteiger partial charge in [-0.2, -0.15) is 0 Å². The number of nitrogens with zero attached hydrogens (tertiary/aromatic N) is 2. The number of ether oxygens (including phenoxy) is 1. The van der Waals surface area contributed by atoms with Gasteiger partial charge < -0.3 is 9.64 Å². The molecule has 1 aromatic heterocycles. The van der Waals surface area contributed by atoms with Crippen molar-refractivity contribution in [2.75, 3.05) is 20.7 Å². The summed E-state index contributed by atoms with van der Waals surface area (Å²) in [5.74, 6) is 0.890. The fraction of sp³-hybridized carbons (Fsp3) is 0.312. The summed E-state index contributed by atoms with van der Waals surface area (Å²) < 4.78 is 6.39. The van der Waals surface area contributed by atoms with E-state index in [1.165, 1.54) is 5.56 Å². The largest absolute Gasteiger partial charge is 0.497 e. The van der Waals surface area contributed by atoms with Crippen LogP contribution in [-0.2, 0) is 13.0 Å². The standard InChI is InChI=1S/C16H19BrN2O/c1-19(10-8-14-5-3-4-9-18-14)12-13-11-15(20-2)6-7-16(13)17/h3-7,9,11H,8,10,12H2,1-2H3. The number of likely N-dealkylation sites (N-methyl/N-ethyl adjacent to an activating group) is 1. The Kier molecular flexibility index (Phi) is 5.56. The summed E-state index contributed by atoms with van der Waals surface area (Å²) in [4.78, 5) is 6.63. The van der Waals surface area contributed by atoms with Crippen LogP contribution in [0.5, 0.6) is 5.75 Å². The molecule has 0 saturated carbocycles. The highest BCUT2D eigenvalue weighted by molar-refractivity contribution is 9.10. The normalized spacial score (nSPS) is 10.8. The van der Waals surface area contributed by atoms with Crippen molar-refractivity contribution in [1.82, 2.24) is 9.88 Å². The highest BCUT2D eigenvalue weighted by atomic mass is 79.9. The monoisotopic (exact) mass is 334 g/mol. The van der Waals surface area contributed by atoms with Crippen molar-refractivity contribution in [1.29, 1.82) is 0 Å². The fourth-order valence-corrected chi connectivity index (χ4v) is 2.39. The van der Waals surface area contributed by atoms with Crippen LogP contribution in [0.1, 0.15) is 11.3 Å². The van der Waals surface area contributed by atoms with Crippen LogP contribution in [0, 0.1) is 0 Å². The van der Waals surface area contributed by atoms with Gasteiger partial charge in [0.15, 0.2) is 0 Å². The number of methoxy groups -OCH3 is 1. The quantitative estimate of drug-likeness (QED) is 0.808. The van der Waals surface area contributed by atoms with E-state index in [1.54, 1.807) is 7.11 Å². The molecule has 0 atom stereocenters. The van der Waals surface area contributed by atoms with E-state index in [-0.39, 0.29) is 0 Å². The van der Waals surface area contributed by atoms with Crippen LogP contribution >= 0.6 is 15.9 Å². The van der Waals surface area contributed by atoms with Gasteiger partial charge in [-0.3, -0.25) is 4.98 Å². The zero-order valence-electron chi connectivity index (χ0n) is 11.8. The number of rotatable bonds is 6. The van der Waals surface area contributed by atoms with Crippen LogP contribution in [-0.4, -0.2) is 30.6 Å². The number of halogens is 1. The second kappa shape index (κ2) is 7.41. The van der Waals surface area contributed by atoms with E-state index in [2.05, 4.69) is 45.0 Å². The Morgan fingerprint density at radius 3 is 2.80 bits per heavy atom. The summed E-state index contributed by atoms with van der Waals surface area (Å²) >= 11 is 3.59. The smallest absolute Gasteiger partial charge is 0.119 e. The minimum Gasteiger partial charge on any atom is -0.497 e. The molecule has 0 N–H and O–H groups in total. The minimum atomic E-state index is 0.880. The third-order valence-electron chi connectivity index (χ3n) is 3.17. The molecular formula is C16H19BrN2O. The van der Waals surface area contributed by atoms with Gasteiger partial charge in [0.1, 0.15) is 5.75 Å². The lowest BCUT2D eigenvalue weighted by molar-refractivity contribution is 0.328. The Balaban J connectivity index is 1.92. The highest BCUT2D eigenvalue weighted by Gasteiger charge is 2.06. The molecule has 0 fully saturated rings. The van der Waals surface area contributed by atoms with Gasteiger partial charge in [-0.25, -0.2) is 0 Å². The second-order valence-electron chi connectivity index (χ2n) is 4.77. The zero-order valence-corrected chi connectivity index (χ0v) is 13.4. The predicted octanol–water partition coefficient (Wildman–Crippen LogP) is 3.53. The average Bonchev–Trinajstić information content (AvgIpc) is 2.48. The molecule has 0 saturated heterocycles. The number of aromatic nitrogens is 1. The van der Waals surface area contributed by atoms with Crippen molar-refractivity contribution in [3.05, 3.63) is 58.3 Å². The molecule has 0 spiro atoms. The van der Waals surface area contributed by atoms with E-state index in [0.717, 1.165) is 35.4 Å². The van der Waals surface area contributed by atoms with E-state index >= 15 is 0 Å². The van der Waals surface area contributed by atoms with Crippen molar-refractivity contribution >= 4 is 15.9 Å². The number of hydrogen-bond donors (Lipinski definition) is 0. The van der Waals surface area contributed by atoms with E-state index in [0.29, 0.717) is 0 Å². The molecule has 20 heavy (non-hydrogen) atoms. The van der Waals surface area contributed by atoms with Gasteiger partial charge >= 0.3 is 0 Å². The van der Waals surface area contributed by atoms with E-state index in [9.17, 15) is 0 Å². The SMILES string of the molecule is COc1ccc(Br)c(CN(C)CCc2ccccn2)c1. The van der Waals surface area contributed by atoms with Gasteiger partial charge in [0.25, 0.3) is 0 Å². The van der Waals surface area contributed by atoms with Crippen molar-refractivity contribution in [2.24, 2.45) is 0 Å². The summed E-state index contributed by atoms with van der Waals surface area (Å²) in [6.07, 6.45) is 2.80. The molecular weight excluding hydrogens is 316 g/mol. The first-order valence-electron chi connectivity index (χ1n) is 6.60. The van der Waals surface area contributed by atoms with Crippen molar-refractivity contribution < 1.29 is 4.74 Å². The Bertz CT molecular complexity index is 545. The van der Waals surface area contributed by atoms with Gasteiger partial charge in [-0.05, 0) is 42.9 Å². The Morgan fingerprint density at radius 2 is 2.10 bits per heavy atom. The van der Waals surface area contributed by atoms with Crippen LogP contribution in [0.4, 0.5) is 0 Å². The average molecular weight is 335 g/mol. The first kappa shape index (κ1) is 15.0. The van der Waals surface area contributed by atoms with Gasteiger partial charge in [0, 0.05) is 35.9 Å². The molecule has 4 heteroatoms. The summed E-state index contributed by atoms with van der Waals surface area (Å²) in [7, 11) is 3.81. The van der Waals surface area contributed by atoms with Crippen LogP contribution in [0.3, 0.4) is 0 Å². The van der Waals surface area contributed by atoms with E-state index < -0.39 is 0 Å². The molecule has 3 nitrogen and oxygen atoms in total. The fourth-order valence-electron chi connectivity index (χ4n) is 2.02. The van der Waals surface area contributed by atoms with Crippen LogP contribution < -0.4 is 4.74 Å². The van der Waals surface area contributed by atoms with Gasteiger partial charge in [-0.1, -0.05) is 22.0 Å². The minimum absolute atomic E-state index is 0.880. The number of pyridine rings is 1. The van der Waals surface area contributed by atoms with Crippen molar-refractivity contribution in [3.8, 4) is 5.75 Å². The van der Waals surface area contributed by atoms with E-state index in [1.807, 2.05) is 30.5 Å². The summed E-state index contributed by atoms with van der Waals surface area (Å²) in [5.41, 5.74) is 2.36. The summed E-state index contributed by atoms with van der Waals surface area (Å²) in [6.45, 7) is 1.85. The molecule has 0 bridgehead atoms. The molecule has 0 aliphatic rings. The highest BCUT2D eigenvalue weighted by Crippen LogP contribution is 2.23. The van der Waals surface area contributed by atoms with E-state index in [4.69, 9.17) is 4.74 Å². The lowest BCUT2D eigenvalue weighted by Gasteiger charge is -2.18. The molecule has 2 aromatic rings. The molecule has 0 aliphatic heterocycles. The lowest BCUT2D eigenvalue weighted by Crippen LogP contribution is -2.21. The number of benzene rings is 1. The predicted molar refractivity (Wildman–Crippen MR) is 85.0 cm³/mol.